The van der Waals surface area contributed by atoms with Crippen LogP contribution in [0.5, 0.6) is 0 Å². The number of aliphatic hydroxyl groups is 1. The lowest BCUT2D eigenvalue weighted by molar-refractivity contribution is 0.00480. The molecule has 2 aromatic rings. The SMILES string of the molecule is C.C.CC(C)(C)OC(=O)N1CCC[C@H]1C(=O)c1cc(F)cc(F)c1.CC(C)(C)OC(=O)N1CCC[C@H]1C(O)c1cc(F)cc(F)c1.S.S.[2H]CC.[2H]CP. The molecule has 2 unspecified atom stereocenters. The summed E-state index contributed by atoms with van der Waals surface area (Å²) in [7, 11) is 2.25. The highest BCUT2D eigenvalue weighted by molar-refractivity contribution is 7.59. The Morgan fingerprint density at radius 2 is 1.15 bits per heavy atom. The van der Waals surface area contributed by atoms with Gasteiger partial charge in [0.2, 0.25) is 0 Å². The van der Waals surface area contributed by atoms with Crippen LogP contribution in [0, 0.1) is 23.3 Å². The molecule has 2 amide bonds. The van der Waals surface area contributed by atoms with E-state index in [1.54, 1.807) is 48.5 Å². The third-order valence-corrected chi connectivity index (χ3v) is 6.85. The van der Waals surface area contributed by atoms with Crippen LogP contribution in [0.1, 0.15) is 121 Å². The number of nitrogens with zero attached hydrogens (tertiary/aromatic N) is 2. The number of likely N-dealkylation sites (tertiary alicyclic amines) is 2. The summed E-state index contributed by atoms with van der Waals surface area (Å²) in [5, 5.41) is 10.4. The maximum atomic E-state index is 13.3. The van der Waals surface area contributed by atoms with Gasteiger partial charge in [0, 0.05) is 33.5 Å². The number of halogens is 4. The van der Waals surface area contributed by atoms with Crippen LogP contribution in [0.4, 0.5) is 27.2 Å². The summed E-state index contributed by atoms with van der Waals surface area (Å²) in [5.74, 6) is -3.61. The molecule has 2 aliphatic rings. The van der Waals surface area contributed by atoms with E-state index in [1.807, 2.05) is 0 Å². The second kappa shape index (κ2) is 25.5. The van der Waals surface area contributed by atoms with Gasteiger partial charge in [-0.3, -0.25) is 9.69 Å². The van der Waals surface area contributed by atoms with E-state index < -0.39 is 70.6 Å². The van der Waals surface area contributed by atoms with Crippen LogP contribution in [0.25, 0.3) is 0 Å². The van der Waals surface area contributed by atoms with Crippen molar-refractivity contribution in [3.8, 4) is 0 Å². The number of hydrogen-bond donors (Lipinski definition) is 1. The number of carbonyl (C=O) groups is 3. The Morgan fingerprint density at radius 1 is 0.788 bits per heavy atom. The molecule has 302 valence electrons. The van der Waals surface area contributed by atoms with E-state index in [0.29, 0.717) is 58.4 Å². The Kier molecular flexibility index (Phi) is 25.3. The Bertz CT molecular complexity index is 1380. The smallest absolute Gasteiger partial charge is 0.410 e. The number of benzene rings is 2. The number of ketones is 1. The first kappa shape index (κ1) is 51.6. The molecule has 15 heteroatoms. The monoisotopic (exact) mass is 804 g/mol. The lowest BCUT2D eigenvalue weighted by Gasteiger charge is -2.31. The summed E-state index contributed by atoms with van der Waals surface area (Å²) in [5.41, 5.74) is -1.26. The van der Waals surface area contributed by atoms with E-state index in [4.69, 9.17) is 12.2 Å². The molecule has 2 aliphatic heterocycles. The zero-order chi connectivity index (χ0) is 38.4. The minimum absolute atomic E-state index is 0. The van der Waals surface area contributed by atoms with Crippen molar-refractivity contribution in [2.45, 2.75) is 125 Å². The Hall–Kier alpha value is -2.54. The van der Waals surface area contributed by atoms with Gasteiger partial charge < -0.3 is 19.5 Å². The molecule has 0 radical (unpaired) electrons. The molecule has 4 atom stereocenters. The summed E-state index contributed by atoms with van der Waals surface area (Å²) in [6.07, 6.45) is 0.104. The Morgan fingerprint density at radius 3 is 1.58 bits per heavy atom. The Labute approximate surface area is 328 Å². The van der Waals surface area contributed by atoms with Crippen LogP contribution in [0.2, 0.25) is 0 Å². The van der Waals surface area contributed by atoms with Crippen LogP contribution >= 0.6 is 36.2 Å². The third-order valence-electron chi connectivity index (χ3n) is 6.85. The zero-order valence-corrected chi connectivity index (χ0v) is 33.0. The lowest BCUT2D eigenvalue weighted by atomic mass is 10.00. The molecule has 0 bridgehead atoms. The molecule has 0 aliphatic carbocycles. The number of rotatable bonds is 4. The van der Waals surface area contributed by atoms with Crippen LogP contribution in [0.15, 0.2) is 36.4 Å². The highest BCUT2D eigenvalue weighted by atomic mass is 32.1. The molecule has 4 rings (SSSR count). The van der Waals surface area contributed by atoms with Crippen LogP contribution < -0.4 is 0 Å². The van der Waals surface area contributed by atoms with Crippen molar-refractivity contribution >= 4 is 54.2 Å². The first-order valence-corrected chi connectivity index (χ1v) is 16.4. The molecule has 1 N–H and O–H groups in total. The summed E-state index contributed by atoms with van der Waals surface area (Å²) >= 11 is 0. The molecular formula is C37H63F4N2O6PS2. The molecule has 2 saturated heterocycles. The summed E-state index contributed by atoms with van der Waals surface area (Å²) in [4.78, 5) is 39.5. The van der Waals surface area contributed by atoms with Crippen molar-refractivity contribution < 1.29 is 49.3 Å². The van der Waals surface area contributed by atoms with Crippen LogP contribution in [-0.2, 0) is 9.47 Å². The first-order chi connectivity index (χ1) is 23.2. The number of hydrogen-bond acceptors (Lipinski definition) is 6. The van der Waals surface area contributed by atoms with Gasteiger partial charge in [-0.25, -0.2) is 27.2 Å². The molecule has 0 aromatic heterocycles. The molecule has 0 saturated carbocycles. The molecular weight excluding hydrogens is 740 g/mol. The fourth-order valence-corrected chi connectivity index (χ4v) is 5.10. The van der Waals surface area contributed by atoms with Gasteiger partial charge in [-0.05, 0) is 97.1 Å². The zero-order valence-electron chi connectivity index (χ0n) is 31.8. The maximum absolute atomic E-state index is 13.3. The fourth-order valence-electron chi connectivity index (χ4n) is 5.10. The van der Waals surface area contributed by atoms with Gasteiger partial charge in [-0.2, -0.15) is 27.0 Å². The molecule has 8 nitrogen and oxygen atoms in total. The van der Waals surface area contributed by atoms with Crippen molar-refractivity contribution in [3.63, 3.8) is 0 Å². The number of carbonyl (C=O) groups excluding carboxylic acids is 3. The number of aliphatic hydroxyl groups excluding tert-OH is 1. The van der Waals surface area contributed by atoms with E-state index in [-0.39, 0.29) is 53.0 Å². The van der Waals surface area contributed by atoms with Crippen LogP contribution in [-0.4, -0.2) is 75.9 Å². The van der Waals surface area contributed by atoms with Crippen LogP contribution in [0.3, 0.4) is 0 Å². The van der Waals surface area contributed by atoms with E-state index in [0.717, 1.165) is 30.3 Å². The van der Waals surface area contributed by atoms with Gasteiger partial charge in [-0.1, -0.05) is 35.3 Å². The van der Waals surface area contributed by atoms with Gasteiger partial charge in [0.05, 0.1) is 18.2 Å². The lowest BCUT2D eigenvalue weighted by Crippen LogP contribution is -2.43. The summed E-state index contributed by atoms with van der Waals surface area (Å²) in [6.45, 7) is 14.0. The first-order valence-electron chi connectivity index (χ1n) is 17.0. The van der Waals surface area contributed by atoms with Gasteiger partial charge >= 0.3 is 12.2 Å². The van der Waals surface area contributed by atoms with E-state index in [2.05, 4.69) is 9.24 Å². The van der Waals surface area contributed by atoms with Crippen molar-refractivity contribution in [2.24, 2.45) is 0 Å². The minimum atomic E-state index is -1.15. The average Bonchev–Trinajstić information content (AvgIpc) is 3.66. The van der Waals surface area contributed by atoms with Crippen molar-refractivity contribution in [1.29, 1.82) is 0 Å². The van der Waals surface area contributed by atoms with Gasteiger partial charge in [0.15, 0.2) is 5.78 Å². The van der Waals surface area contributed by atoms with Crippen molar-refractivity contribution in [2.75, 3.05) is 19.7 Å². The molecule has 52 heavy (non-hydrogen) atoms. The largest absolute Gasteiger partial charge is 0.444 e. The third kappa shape index (κ3) is 18.0. The second-order valence-corrected chi connectivity index (χ2v) is 12.9. The fraction of sp³-hybridized carbons (Fsp3) is 0.595. The standard InChI is InChI=1S/C16H21F2NO3.C16H19F2NO3.C2H6.CH5P.2CH4.2H2S/c2*1-16(2,3)22-15(21)19-6-4-5-13(19)14(20)10-7-11(17)9-12(18)8-10;2*1-2;;;;/h7-9,13-14,20H,4-6H2,1-3H3;7-9,13H,4-6H2,1-3H3;1-2H3;2H2,1H3;2*1H4;2*1H2/t13-,14?;13-;;;;;;/m00....../s1/i;;2*1D;;;;. The summed E-state index contributed by atoms with van der Waals surface area (Å²) < 4.78 is 76.1. The number of ether oxygens (including phenoxy) is 2. The maximum Gasteiger partial charge on any atom is 0.410 e. The highest BCUT2D eigenvalue weighted by Gasteiger charge is 2.38. The predicted molar refractivity (Wildman–Crippen MR) is 215 cm³/mol. The molecule has 2 heterocycles. The average molecular weight is 805 g/mol. The van der Waals surface area contributed by atoms with E-state index in [9.17, 15) is 37.1 Å². The second-order valence-electron chi connectivity index (χ2n) is 12.9. The van der Waals surface area contributed by atoms with Crippen molar-refractivity contribution in [3.05, 3.63) is 70.8 Å². The number of Topliss-reactive ketones (excluding diaryl/α,β-unsaturated/α-hetero) is 1. The van der Waals surface area contributed by atoms with E-state index >= 15 is 0 Å². The molecule has 2 fully saturated rings. The molecule has 0 spiro atoms. The van der Waals surface area contributed by atoms with Gasteiger partial charge in [0.25, 0.3) is 0 Å². The quantitative estimate of drug-likeness (QED) is 0.188. The van der Waals surface area contributed by atoms with E-state index in [1.165, 1.54) is 9.80 Å². The number of amides is 2. The summed E-state index contributed by atoms with van der Waals surface area (Å²) in [6, 6.07) is 4.30. The van der Waals surface area contributed by atoms with Gasteiger partial charge in [0.1, 0.15) is 34.5 Å². The molecule has 2 aromatic carbocycles. The van der Waals surface area contributed by atoms with Gasteiger partial charge in [-0.15, -0.1) is 9.24 Å². The normalized spacial score (nSPS) is 17.0. The topological polar surface area (TPSA) is 96.4 Å². The highest BCUT2D eigenvalue weighted by Crippen LogP contribution is 2.31. The predicted octanol–water partition coefficient (Wildman–Crippen LogP) is 9.96. The Balaban J connectivity index is -0.000000379. The minimum Gasteiger partial charge on any atom is -0.444 e. The van der Waals surface area contributed by atoms with Crippen molar-refractivity contribution in [1.82, 2.24) is 9.80 Å².